The minimum atomic E-state index is -0.289. The summed E-state index contributed by atoms with van der Waals surface area (Å²) in [4.78, 5) is 75.0. The van der Waals surface area contributed by atoms with Gasteiger partial charge in [-0.1, -0.05) is 24.3 Å². The zero-order valence-electron chi connectivity index (χ0n) is 42.9. The van der Waals surface area contributed by atoms with Gasteiger partial charge in [0, 0.05) is 102 Å². The number of carbonyl (C=O) groups excluding carboxylic acids is 5. The van der Waals surface area contributed by atoms with Gasteiger partial charge in [0.2, 0.25) is 11.8 Å². The summed E-state index contributed by atoms with van der Waals surface area (Å²) in [7, 11) is 0. The van der Waals surface area contributed by atoms with Gasteiger partial charge >= 0.3 is 6.03 Å². The molecular formula is C54H73FN10O9S. The highest BCUT2D eigenvalue weighted by atomic mass is 32.2. The van der Waals surface area contributed by atoms with Gasteiger partial charge in [0.05, 0.1) is 82.1 Å². The molecule has 0 saturated carbocycles. The SMILES string of the molecule is N#Cc1ccc(CN2CCC(NC(=O)c3ncc(C(=O)N4CCN(Cc5ccc(F)cc5)CC4)cc3CCCNC(=O)CCOCCOCCOCCOCCNC(=O)CCCC3SCC4NC(=O)N[C@@H]43)CC2)cc1. The Hall–Kier alpha value is -5.73. The van der Waals surface area contributed by atoms with Crippen LogP contribution in [0.3, 0.4) is 0 Å². The molecule has 2 aromatic carbocycles. The molecule has 75 heavy (non-hydrogen) atoms. The molecule has 0 spiro atoms. The number of ether oxygens (including phenoxy) is 4. The van der Waals surface area contributed by atoms with E-state index in [0.29, 0.717) is 133 Å². The lowest BCUT2D eigenvalue weighted by atomic mass is 10.0. The number of hydrogen-bond acceptors (Lipinski definition) is 14. The Morgan fingerprint density at radius 2 is 1.36 bits per heavy atom. The Kier molecular flexibility index (Phi) is 23.3. The summed E-state index contributed by atoms with van der Waals surface area (Å²) < 4.78 is 35.7. The van der Waals surface area contributed by atoms with Crippen LogP contribution in [0.25, 0.3) is 0 Å². The van der Waals surface area contributed by atoms with Gasteiger partial charge in [0.15, 0.2) is 0 Å². The summed E-state index contributed by atoms with van der Waals surface area (Å²) in [6, 6.07) is 18.2. The number of carbonyl (C=O) groups is 5. The first kappa shape index (κ1) is 57.0. The molecule has 406 valence electrons. The van der Waals surface area contributed by atoms with Gasteiger partial charge in [-0.15, -0.1) is 0 Å². The van der Waals surface area contributed by atoms with Crippen molar-refractivity contribution in [3.8, 4) is 6.07 Å². The fourth-order valence-electron chi connectivity index (χ4n) is 9.57. The zero-order chi connectivity index (χ0) is 52.6. The Balaban J connectivity index is 0.740. The van der Waals surface area contributed by atoms with Gasteiger partial charge in [0.25, 0.3) is 11.8 Å². The van der Waals surface area contributed by atoms with Gasteiger partial charge < -0.3 is 50.4 Å². The molecule has 0 radical (unpaired) electrons. The fourth-order valence-corrected chi connectivity index (χ4v) is 11.1. The number of pyridine rings is 1. The Bertz CT molecular complexity index is 2350. The number of hydrogen-bond donors (Lipinski definition) is 5. The van der Waals surface area contributed by atoms with Crippen LogP contribution in [0, 0.1) is 17.1 Å². The summed E-state index contributed by atoms with van der Waals surface area (Å²) in [5.74, 6) is 0.0264. The minimum Gasteiger partial charge on any atom is -0.379 e. The molecule has 3 atom stereocenters. The number of piperidine rings is 1. The van der Waals surface area contributed by atoms with E-state index in [-0.39, 0.29) is 72.3 Å². The molecule has 4 fully saturated rings. The normalized spacial score (nSPS) is 19.0. The lowest BCUT2D eigenvalue weighted by Crippen LogP contribution is -2.48. The number of aryl methyl sites for hydroxylation is 1. The number of urea groups is 1. The van der Waals surface area contributed by atoms with Crippen LogP contribution < -0.4 is 26.6 Å². The minimum absolute atomic E-state index is 0.00375. The standard InChI is InChI=1S/C54H73FN10O9S/c55-44-12-10-41(11-13-44)37-64-21-23-65(24-22-64)53(69)43-33-42(50(59-35-43)52(68)60-45-14-19-63(20-15-45)36-40-8-6-39(34-56)7-9-40)3-2-17-57-49(67)16-25-71-27-29-73-31-32-74-30-28-72-26-18-58-48(66)5-1-4-47-51-46(38-75-47)61-54(70)62-51/h6-13,33,35,45-47,51H,1-5,14-32,36-38H2,(H,57,67)(H,58,66)(H,60,68)(H2,61,62,70)/t46?,47?,51-/m0/s1. The number of nitrogens with one attached hydrogen (secondary N) is 5. The van der Waals surface area contributed by atoms with E-state index in [1.807, 2.05) is 36.0 Å². The summed E-state index contributed by atoms with van der Waals surface area (Å²) in [5, 5.41) is 24.4. The number of halogens is 1. The van der Waals surface area contributed by atoms with Crippen LogP contribution in [0.5, 0.6) is 0 Å². The number of fused-ring (bicyclic) bond motifs is 1. The van der Waals surface area contributed by atoms with Crippen molar-refractivity contribution in [3.05, 3.63) is 100 Å². The third-order valence-corrected chi connectivity index (χ3v) is 15.3. The number of amides is 6. The van der Waals surface area contributed by atoms with E-state index in [4.69, 9.17) is 24.2 Å². The van der Waals surface area contributed by atoms with Crippen LogP contribution in [-0.4, -0.2) is 184 Å². The highest BCUT2D eigenvalue weighted by molar-refractivity contribution is 8.00. The molecule has 0 bridgehead atoms. The third-order valence-electron chi connectivity index (χ3n) is 13.8. The summed E-state index contributed by atoms with van der Waals surface area (Å²) in [6.07, 6.45) is 6.26. The number of likely N-dealkylation sites (tertiary alicyclic amines) is 1. The number of benzene rings is 2. The lowest BCUT2D eigenvalue weighted by Gasteiger charge is -2.35. The maximum Gasteiger partial charge on any atom is 0.315 e. The van der Waals surface area contributed by atoms with E-state index in [1.54, 1.807) is 23.1 Å². The van der Waals surface area contributed by atoms with Gasteiger partial charge in [0.1, 0.15) is 11.5 Å². The van der Waals surface area contributed by atoms with Crippen molar-refractivity contribution in [1.29, 1.82) is 5.26 Å². The van der Waals surface area contributed by atoms with Crippen LogP contribution in [0.2, 0.25) is 0 Å². The van der Waals surface area contributed by atoms with Crippen LogP contribution in [-0.2, 0) is 48.0 Å². The average molecular weight is 1060 g/mol. The van der Waals surface area contributed by atoms with Crippen molar-refractivity contribution in [1.82, 2.24) is 46.3 Å². The molecule has 21 heteroatoms. The molecule has 4 aliphatic rings. The van der Waals surface area contributed by atoms with E-state index < -0.39 is 0 Å². The largest absolute Gasteiger partial charge is 0.379 e. The molecule has 5 heterocycles. The van der Waals surface area contributed by atoms with E-state index in [0.717, 1.165) is 62.2 Å². The molecule has 0 aliphatic carbocycles. The van der Waals surface area contributed by atoms with Crippen molar-refractivity contribution in [2.45, 2.75) is 87.8 Å². The predicted octanol–water partition coefficient (Wildman–Crippen LogP) is 3.40. The number of nitrogens with zero attached hydrogens (tertiary/aromatic N) is 5. The van der Waals surface area contributed by atoms with Crippen LogP contribution in [0.1, 0.15) is 88.0 Å². The Labute approximate surface area is 443 Å². The Morgan fingerprint density at radius 1 is 0.747 bits per heavy atom. The third kappa shape index (κ3) is 19.1. The lowest BCUT2D eigenvalue weighted by molar-refractivity contribution is -0.122. The molecule has 5 N–H and O–H groups in total. The molecule has 7 rings (SSSR count). The first-order valence-electron chi connectivity index (χ1n) is 26.4. The smallest absolute Gasteiger partial charge is 0.315 e. The van der Waals surface area contributed by atoms with E-state index in [1.165, 1.54) is 18.3 Å². The fraction of sp³-hybridized carbons (Fsp3) is 0.574. The Morgan fingerprint density at radius 3 is 2.04 bits per heavy atom. The van der Waals surface area contributed by atoms with Crippen molar-refractivity contribution in [2.24, 2.45) is 0 Å². The summed E-state index contributed by atoms with van der Waals surface area (Å²) in [5.41, 5.74) is 4.09. The van der Waals surface area contributed by atoms with Crippen molar-refractivity contribution in [2.75, 3.05) is 111 Å². The van der Waals surface area contributed by atoms with E-state index in [9.17, 15) is 28.4 Å². The first-order chi connectivity index (χ1) is 36.6. The van der Waals surface area contributed by atoms with Gasteiger partial charge in [-0.2, -0.15) is 17.0 Å². The molecule has 4 aliphatic heterocycles. The second-order valence-electron chi connectivity index (χ2n) is 19.3. The van der Waals surface area contributed by atoms with E-state index >= 15 is 0 Å². The number of piperazine rings is 1. The highest BCUT2D eigenvalue weighted by Gasteiger charge is 2.42. The molecule has 6 amide bonds. The maximum absolute atomic E-state index is 13.8. The summed E-state index contributed by atoms with van der Waals surface area (Å²) in [6.45, 7) is 9.11. The molecule has 19 nitrogen and oxygen atoms in total. The van der Waals surface area contributed by atoms with E-state index in [2.05, 4.69) is 47.4 Å². The first-order valence-corrected chi connectivity index (χ1v) is 27.5. The summed E-state index contributed by atoms with van der Waals surface area (Å²) >= 11 is 1.85. The topological polar surface area (TPSA) is 229 Å². The van der Waals surface area contributed by atoms with Gasteiger partial charge in [-0.25, -0.2) is 14.2 Å². The van der Waals surface area contributed by atoms with Gasteiger partial charge in [-0.05, 0) is 85.5 Å². The molecule has 3 aromatic rings. The number of thioether (sulfide) groups is 1. The molecule has 1 aromatic heterocycles. The van der Waals surface area contributed by atoms with Crippen LogP contribution in [0.4, 0.5) is 9.18 Å². The van der Waals surface area contributed by atoms with Crippen molar-refractivity contribution in [3.63, 3.8) is 0 Å². The second-order valence-corrected chi connectivity index (χ2v) is 20.5. The van der Waals surface area contributed by atoms with Crippen LogP contribution >= 0.6 is 11.8 Å². The number of rotatable bonds is 30. The van der Waals surface area contributed by atoms with Crippen molar-refractivity contribution < 1.29 is 47.3 Å². The van der Waals surface area contributed by atoms with Crippen LogP contribution in [0.15, 0.2) is 60.8 Å². The van der Waals surface area contributed by atoms with Gasteiger partial charge in [-0.3, -0.25) is 29.0 Å². The molecule has 4 saturated heterocycles. The zero-order valence-corrected chi connectivity index (χ0v) is 43.7. The second kappa shape index (κ2) is 30.7. The molecule has 2 unspecified atom stereocenters. The quantitative estimate of drug-likeness (QED) is 0.0477. The number of aromatic nitrogens is 1. The maximum atomic E-state index is 13.8. The monoisotopic (exact) mass is 1060 g/mol. The predicted molar refractivity (Wildman–Crippen MR) is 280 cm³/mol. The molecular weight excluding hydrogens is 984 g/mol. The van der Waals surface area contributed by atoms with Crippen molar-refractivity contribution >= 4 is 41.4 Å². The number of nitriles is 1. The average Bonchev–Trinajstić information content (AvgIpc) is 3.99. The highest BCUT2D eigenvalue weighted by Crippen LogP contribution is 2.33.